The second kappa shape index (κ2) is 8.54. The third-order valence-electron chi connectivity index (χ3n) is 5.07. The summed E-state index contributed by atoms with van der Waals surface area (Å²) >= 11 is 0. The molecule has 6 heteroatoms. The van der Waals surface area contributed by atoms with Crippen LogP contribution in [-0.4, -0.2) is 24.9 Å². The van der Waals surface area contributed by atoms with Crippen LogP contribution in [0.3, 0.4) is 0 Å². The van der Waals surface area contributed by atoms with Crippen LogP contribution >= 0.6 is 0 Å². The molecule has 1 aliphatic rings. The fraction of sp³-hybridized carbons (Fsp3) is 0.381. The number of nitriles is 1. The molecule has 2 N–H and O–H groups in total. The van der Waals surface area contributed by atoms with Crippen LogP contribution in [0.1, 0.15) is 48.2 Å². The van der Waals surface area contributed by atoms with Crippen LogP contribution in [0, 0.1) is 17.2 Å². The number of benzene rings is 1. The molecule has 0 saturated heterocycles. The summed E-state index contributed by atoms with van der Waals surface area (Å²) in [4.78, 5) is 24.9. The lowest BCUT2D eigenvalue weighted by Crippen LogP contribution is -2.50. The molecule has 140 valence electrons. The summed E-state index contributed by atoms with van der Waals surface area (Å²) in [7, 11) is 1.58. The summed E-state index contributed by atoms with van der Waals surface area (Å²) in [5.74, 6) is 0.289. The van der Waals surface area contributed by atoms with Gasteiger partial charge in [0.25, 0.3) is 5.91 Å². The highest BCUT2D eigenvalue weighted by molar-refractivity contribution is 5.96. The molecule has 0 spiro atoms. The van der Waals surface area contributed by atoms with Gasteiger partial charge in [0.05, 0.1) is 11.6 Å². The van der Waals surface area contributed by atoms with Gasteiger partial charge in [-0.1, -0.05) is 19.3 Å². The maximum absolute atomic E-state index is 12.6. The van der Waals surface area contributed by atoms with E-state index in [1.165, 1.54) is 6.42 Å². The van der Waals surface area contributed by atoms with Crippen molar-refractivity contribution in [1.29, 1.82) is 5.26 Å². The Balaban J connectivity index is 1.73. The Labute approximate surface area is 158 Å². The Morgan fingerprint density at radius 1 is 1.11 bits per heavy atom. The molecule has 1 fully saturated rings. The number of furan rings is 1. The van der Waals surface area contributed by atoms with E-state index in [0.29, 0.717) is 11.3 Å². The van der Waals surface area contributed by atoms with Crippen molar-refractivity contribution in [2.24, 2.45) is 5.92 Å². The fourth-order valence-electron chi connectivity index (χ4n) is 3.56. The van der Waals surface area contributed by atoms with Gasteiger partial charge in [-0.3, -0.25) is 9.59 Å². The standard InChI is InChI=1S/C21H23N3O3/c1-23-21(26)19(16-5-3-2-4-6-16)24-20(25)18-12-11-17(27-18)15-9-7-14(13-22)8-10-15/h7-12,16,19H,2-6H2,1H3,(H,23,26)(H,24,25)/t19-/m0/s1. The highest BCUT2D eigenvalue weighted by atomic mass is 16.3. The predicted octanol–water partition coefficient (Wildman–Crippen LogP) is 3.24. The van der Waals surface area contributed by atoms with Gasteiger partial charge < -0.3 is 15.1 Å². The molecule has 6 nitrogen and oxygen atoms in total. The SMILES string of the molecule is CNC(=O)[C@@H](NC(=O)c1ccc(-c2ccc(C#N)cc2)o1)C1CCCCC1. The Hall–Kier alpha value is -3.07. The second-order valence-corrected chi connectivity index (χ2v) is 6.82. The lowest BCUT2D eigenvalue weighted by atomic mass is 9.83. The molecule has 0 radical (unpaired) electrons. The van der Waals surface area contributed by atoms with Crippen molar-refractivity contribution in [2.45, 2.75) is 38.1 Å². The van der Waals surface area contributed by atoms with Crippen molar-refractivity contribution < 1.29 is 14.0 Å². The quantitative estimate of drug-likeness (QED) is 0.850. The van der Waals surface area contributed by atoms with Gasteiger partial charge in [0.15, 0.2) is 5.76 Å². The largest absolute Gasteiger partial charge is 0.451 e. The van der Waals surface area contributed by atoms with Crippen LogP contribution < -0.4 is 10.6 Å². The van der Waals surface area contributed by atoms with Crippen molar-refractivity contribution in [3.63, 3.8) is 0 Å². The van der Waals surface area contributed by atoms with E-state index in [9.17, 15) is 9.59 Å². The first-order chi connectivity index (χ1) is 13.1. The lowest BCUT2D eigenvalue weighted by Gasteiger charge is -2.29. The maximum atomic E-state index is 12.6. The van der Waals surface area contributed by atoms with Crippen molar-refractivity contribution >= 4 is 11.8 Å². The van der Waals surface area contributed by atoms with Crippen LogP contribution in [0.25, 0.3) is 11.3 Å². The topological polar surface area (TPSA) is 95.1 Å². The first kappa shape index (κ1) is 18.7. The van der Waals surface area contributed by atoms with Crippen LogP contribution in [0.2, 0.25) is 0 Å². The third-order valence-corrected chi connectivity index (χ3v) is 5.07. The van der Waals surface area contributed by atoms with Gasteiger partial charge in [-0.25, -0.2) is 0 Å². The van der Waals surface area contributed by atoms with Gasteiger partial charge in [0.1, 0.15) is 11.8 Å². The summed E-state index contributed by atoms with van der Waals surface area (Å²) < 4.78 is 5.68. The maximum Gasteiger partial charge on any atom is 0.287 e. The summed E-state index contributed by atoms with van der Waals surface area (Å²) in [6.45, 7) is 0. The van der Waals surface area contributed by atoms with Gasteiger partial charge in [-0.05, 0) is 55.2 Å². The van der Waals surface area contributed by atoms with Gasteiger partial charge in [-0.2, -0.15) is 5.26 Å². The van der Waals surface area contributed by atoms with Crippen LogP contribution in [-0.2, 0) is 4.79 Å². The molecule has 0 aliphatic heterocycles. The van der Waals surface area contributed by atoms with E-state index in [1.807, 2.05) is 0 Å². The molecule has 2 amide bonds. The van der Waals surface area contributed by atoms with Gasteiger partial charge in [-0.15, -0.1) is 0 Å². The number of amides is 2. The number of hydrogen-bond acceptors (Lipinski definition) is 4. The molecule has 3 rings (SSSR count). The molecule has 1 heterocycles. The molecular formula is C21H23N3O3. The number of carbonyl (C=O) groups is 2. The zero-order valence-electron chi connectivity index (χ0n) is 15.3. The number of hydrogen-bond donors (Lipinski definition) is 2. The highest BCUT2D eigenvalue weighted by Gasteiger charge is 2.31. The number of likely N-dealkylation sites (N-methyl/N-ethyl adjacent to an activating group) is 1. The number of nitrogens with one attached hydrogen (secondary N) is 2. The number of nitrogens with zero attached hydrogens (tertiary/aromatic N) is 1. The van der Waals surface area contributed by atoms with E-state index in [4.69, 9.17) is 9.68 Å². The molecule has 1 aromatic carbocycles. The molecule has 0 unspecified atom stereocenters. The van der Waals surface area contributed by atoms with Gasteiger partial charge in [0.2, 0.25) is 5.91 Å². The number of carbonyl (C=O) groups excluding carboxylic acids is 2. The van der Waals surface area contributed by atoms with Crippen LogP contribution in [0.4, 0.5) is 0 Å². The Morgan fingerprint density at radius 2 is 1.81 bits per heavy atom. The number of rotatable bonds is 5. The predicted molar refractivity (Wildman–Crippen MR) is 101 cm³/mol. The monoisotopic (exact) mass is 365 g/mol. The van der Waals surface area contributed by atoms with Crippen molar-refractivity contribution in [3.05, 3.63) is 47.7 Å². The van der Waals surface area contributed by atoms with E-state index in [0.717, 1.165) is 31.2 Å². The second-order valence-electron chi connectivity index (χ2n) is 6.82. The Bertz CT molecular complexity index is 842. The van der Waals surface area contributed by atoms with Crippen LogP contribution in [0.5, 0.6) is 0 Å². The zero-order chi connectivity index (χ0) is 19.2. The minimum atomic E-state index is -0.550. The van der Waals surface area contributed by atoms with E-state index in [-0.39, 0.29) is 17.6 Å². The average Bonchev–Trinajstić information content (AvgIpc) is 3.22. The molecule has 1 saturated carbocycles. The molecule has 1 atom stereocenters. The highest BCUT2D eigenvalue weighted by Crippen LogP contribution is 2.27. The van der Waals surface area contributed by atoms with E-state index >= 15 is 0 Å². The van der Waals surface area contributed by atoms with Crippen LogP contribution in [0.15, 0.2) is 40.8 Å². The minimum Gasteiger partial charge on any atom is -0.451 e. The minimum absolute atomic E-state index is 0.149. The summed E-state index contributed by atoms with van der Waals surface area (Å²) in [6.07, 6.45) is 5.21. The van der Waals surface area contributed by atoms with Crippen molar-refractivity contribution in [3.8, 4) is 17.4 Å². The first-order valence-corrected chi connectivity index (χ1v) is 9.25. The zero-order valence-corrected chi connectivity index (χ0v) is 15.3. The molecule has 27 heavy (non-hydrogen) atoms. The summed E-state index contributed by atoms with van der Waals surface area (Å²) in [5.41, 5.74) is 1.34. The Kier molecular flexibility index (Phi) is 5.92. The normalized spacial score (nSPS) is 15.6. The third kappa shape index (κ3) is 4.37. The van der Waals surface area contributed by atoms with Crippen molar-refractivity contribution in [1.82, 2.24) is 10.6 Å². The molecule has 1 aromatic heterocycles. The molecule has 2 aromatic rings. The van der Waals surface area contributed by atoms with Gasteiger partial charge >= 0.3 is 0 Å². The lowest BCUT2D eigenvalue weighted by molar-refractivity contribution is -0.124. The van der Waals surface area contributed by atoms with E-state index in [2.05, 4.69) is 16.7 Å². The molecule has 1 aliphatic carbocycles. The van der Waals surface area contributed by atoms with E-state index < -0.39 is 11.9 Å². The summed E-state index contributed by atoms with van der Waals surface area (Å²) in [5, 5.41) is 14.4. The Morgan fingerprint density at radius 3 is 2.44 bits per heavy atom. The van der Waals surface area contributed by atoms with Gasteiger partial charge in [0, 0.05) is 12.6 Å². The fourth-order valence-corrected chi connectivity index (χ4v) is 3.56. The van der Waals surface area contributed by atoms with Crippen molar-refractivity contribution in [2.75, 3.05) is 7.05 Å². The summed E-state index contributed by atoms with van der Waals surface area (Å²) in [6, 6.07) is 11.8. The average molecular weight is 365 g/mol. The smallest absolute Gasteiger partial charge is 0.287 e. The van der Waals surface area contributed by atoms with E-state index in [1.54, 1.807) is 43.4 Å². The molecule has 0 bridgehead atoms. The molecular weight excluding hydrogens is 342 g/mol. The first-order valence-electron chi connectivity index (χ1n) is 9.25.